The second-order valence-electron chi connectivity index (χ2n) is 4.98. The number of ether oxygens (including phenoxy) is 1. The van der Waals surface area contributed by atoms with Crippen LogP contribution in [0.4, 0.5) is 0 Å². The van der Waals surface area contributed by atoms with Crippen LogP contribution in [-0.4, -0.2) is 48.1 Å². The van der Waals surface area contributed by atoms with E-state index in [2.05, 4.69) is 4.90 Å². The zero-order valence-electron chi connectivity index (χ0n) is 11.1. The van der Waals surface area contributed by atoms with Gasteiger partial charge in [-0.1, -0.05) is 18.2 Å². The molecule has 0 saturated carbocycles. The summed E-state index contributed by atoms with van der Waals surface area (Å²) in [4.78, 5) is 14.6. The molecule has 0 bridgehead atoms. The SMILES string of the molecule is Cn1cc(C(=O)CN2CCOCC2)c2ccccc21. The van der Waals surface area contributed by atoms with Crippen LogP contribution in [0.3, 0.4) is 0 Å². The topological polar surface area (TPSA) is 34.5 Å². The van der Waals surface area contributed by atoms with Gasteiger partial charge in [0.2, 0.25) is 0 Å². The van der Waals surface area contributed by atoms with Crippen LogP contribution in [0.1, 0.15) is 10.4 Å². The number of hydrogen-bond donors (Lipinski definition) is 0. The predicted molar refractivity (Wildman–Crippen MR) is 74.5 cm³/mol. The van der Waals surface area contributed by atoms with Gasteiger partial charge in [-0.15, -0.1) is 0 Å². The molecule has 1 aliphatic heterocycles. The highest BCUT2D eigenvalue weighted by molar-refractivity contribution is 6.09. The molecule has 0 N–H and O–H groups in total. The van der Waals surface area contributed by atoms with Crippen LogP contribution < -0.4 is 0 Å². The minimum Gasteiger partial charge on any atom is -0.379 e. The van der Waals surface area contributed by atoms with Crippen molar-refractivity contribution >= 4 is 16.7 Å². The minimum absolute atomic E-state index is 0.193. The van der Waals surface area contributed by atoms with Crippen molar-refractivity contribution in [3.05, 3.63) is 36.0 Å². The molecule has 0 aliphatic carbocycles. The van der Waals surface area contributed by atoms with Gasteiger partial charge in [0.1, 0.15) is 0 Å². The largest absolute Gasteiger partial charge is 0.379 e. The number of fused-ring (bicyclic) bond motifs is 1. The zero-order chi connectivity index (χ0) is 13.2. The molecule has 1 aliphatic rings. The van der Waals surface area contributed by atoms with Crippen molar-refractivity contribution in [2.75, 3.05) is 32.8 Å². The first-order valence-corrected chi connectivity index (χ1v) is 6.63. The Bertz CT molecular complexity index is 597. The summed E-state index contributed by atoms with van der Waals surface area (Å²) in [6.07, 6.45) is 1.94. The number of aromatic nitrogens is 1. The molecule has 2 heterocycles. The number of rotatable bonds is 3. The average Bonchev–Trinajstić information content (AvgIpc) is 2.78. The Morgan fingerprint density at radius 1 is 1.26 bits per heavy atom. The fourth-order valence-electron chi connectivity index (χ4n) is 2.61. The van der Waals surface area contributed by atoms with Gasteiger partial charge in [0, 0.05) is 42.8 Å². The molecule has 1 aromatic carbocycles. The standard InChI is InChI=1S/C15H18N2O2/c1-16-10-13(12-4-2-3-5-14(12)16)15(18)11-17-6-8-19-9-7-17/h2-5,10H,6-9,11H2,1H3. The van der Waals surface area contributed by atoms with Gasteiger partial charge in [0.25, 0.3) is 0 Å². The number of morpholine rings is 1. The zero-order valence-corrected chi connectivity index (χ0v) is 11.1. The van der Waals surface area contributed by atoms with Crippen molar-refractivity contribution in [2.24, 2.45) is 7.05 Å². The van der Waals surface area contributed by atoms with Crippen LogP contribution >= 0.6 is 0 Å². The first kappa shape index (κ1) is 12.4. The molecule has 0 spiro atoms. The molecule has 19 heavy (non-hydrogen) atoms. The van der Waals surface area contributed by atoms with Gasteiger partial charge in [-0.3, -0.25) is 9.69 Å². The van der Waals surface area contributed by atoms with E-state index in [1.165, 1.54) is 0 Å². The summed E-state index contributed by atoms with van der Waals surface area (Å²) in [5.41, 5.74) is 1.93. The highest BCUT2D eigenvalue weighted by Crippen LogP contribution is 2.21. The molecule has 1 aromatic heterocycles. The maximum Gasteiger partial charge on any atom is 0.178 e. The van der Waals surface area contributed by atoms with Gasteiger partial charge < -0.3 is 9.30 Å². The fourth-order valence-corrected chi connectivity index (χ4v) is 2.61. The summed E-state index contributed by atoms with van der Waals surface area (Å²) in [5, 5.41) is 1.04. The third kappa shape index (κ3) is 2.41. The maximum atomic E-state index is 12.4. The number of carbonyl (C=O) groups excluding carboxylic acids is 1. The predicted octanol–water partition coefficient (Wildman–Crippen LogP) is 1.69. The number of nitrogens with zero attached hydrogens (tertiary/aromatic N) is 2. The van der Waals surface area contributed by atoms with E-state index in [4.69, 9.17) is 4.74 Å². The smallest absolute Gasteiger partial charge is 0.178 e. The molecule has 0 atom stereocenters. The Morgan fingerprint density at radius 3 is 2.79 bits per heavy atom. The van der Waals surface area contributed by atoms with Gasteiger partial charge in [0.05, 0.1) is 19.8 Å². The number of aryl methyl sites for hydroxylation is 1. The summed E-state index contributed by atoms with van der Waals surface area (Å²) in [7, 11) is 1.98. The van der Waals surface area contributed by atoms with Crippen molar-refractivity contribution < 1.29 is 9.53 Å². The Labute approximate surface area is 112 Å². The van der Waals surface area contributed by atoms with E-state index in [1.807, 2.05) is 42.1 Å². The Balaban J connectivity index is 1.85. The van der Waals surface area contributed by atoms with Crippen LogP contribution in [0.5, 0.6) is 0 Å². The molecule has 1 saturated heterocycles. The van der Waals surface area contributed by atoms with Gasteiger partial charge in [-0.2, -0.15) is 0 Å². The van der Waals surface area contributed by atoms with Crippen molar-refractivity contribution in [1.29, 1.82) is 0 Å². The molecule has 4 nitrogen and oxygen atoms in total. The number of benzene rings is 1. The number of para-hydroxylation sites is 1. The molecule has 0 amide bonds. The maximum absolute atomic E-state index is 12.4. The van der Waals surface area contributed by atoms with Crippen LogP contribution in [0.25, 0.3) is 10.9 Å². The first-order valence-electron chi connectivity index (χ1n) is 6.63. The molecule has 1 fully saturated rings. The van der Waals surface area contributed by atoms with E-state index < -0.39 is 0 Å². The molecular formula is C15H18N2O2. The Morgan fingerprint density at radius 2 is 2.00 bits per heavy atom. The van der Waals surface area contributed by atoms with Crippen molar-refractivity contribution in [3.8, 4) is 0 Å². The summed E-state index contributed by atoms with van der Waals surface area (Å²) in [6.45, 7) is 3.62. The van der Waals surface area contributed by atoms with Crippen molar-refractivity contribution in [2.45, 2.75) is 0 Å². The quantitative estimate of drug-likeness (QED) is 0.786. The van der Waals surface area contributed by atoms with E-state index in [0.717, 1.165) is 42.8 Å². The number of carbonyl (C=O) groups is 1. The van der Waals surface area contributed by atoms with Gasteiger partial charge in [0.15, 0.2) is 5.78 Å². The van der Waals surface area contributed by atoms with Gasteiger partial charge >= 0.3 is 0 Å². The summed E-state index contributed by atoms with van der Waals surface area (Å²) in [5.74, 6) is 0.193. The number of ketones is 1. The lowest BCUT2D eigenvalue weighted by Crippen LogP contribution is -2.39. The van der Waals surface area contributed by atoms with Crippen LogP contribution in [-0.2, 0) is 11.8 Å². The Kier molecular flexibility index (Phi) is 3.36. The summed E-state index contributed by atoms with van der Waals surface area (Å²) < 4.78 is 7.32. The molecule has 3 rings (SSSR count). The molecule has 0 unspecified atom stereocenters. The molecular weight excluding hydrogens is 240 g/mol. The van der Waals surface area contributed by atoms with Crippen molar-refractivity contribution in [1.82, 2.24) is 9.47 Å². The third-order valence-electron chi connectivity index (χ3n) is 3.67. The molecule has 2 aromatic rings. The fraction of sp³-hybridized carbons (Fsp3) is 0.400. The van der Waals surface area contributed by atoms with Crippen LogP contribution in [0.2, 0.25) is 0 Å². The first-order chi connectivity index (χ1) is 9.25. The van der Waals surface area contributed by atoms with E-state index in [0.29, 0.717) is 6.54 Å². The molecule has 4 heteroatoms. The normalized spacial score (nSPS) is 16.9. The highest BCUT2D eigenvalue weighted by Gasteiger charge is 2.18. The monoisotopic (exact) mass is 258 g/mol. The Hall–Kier alpha value is -1.65. The number of hydrogen-bond acceptors (Lipinski definition) is 3. The highest BCUT2D eigenvalue weighted by atomic mass is 16.5. The van der Waals surface area contributed by atoms with E-state index in [9.17, 15) is 4.79 Å². The summed E-state index contributed by atoms with van der Waals surface area (Å²) >= 11 is 0. The lowest BCUT2D eigenvalue weighted by atomic mass is 10.1. The van der Waals surface area contributed by atoms with Crippen LogP contribution in [0.15, 0.2) is 30.5 Å². The lowest BCUT2D eigenvalue weighted by molar-refractivity contribution is 0.0371. The minimum atomic E-state index is 0.193. The average molecular weight is 258 g/mol. The summed E-state index contributed by atoms with van der Waals surface area (Å²) in [6, 6.07) is 8.04. The van der Waals surface area contributed by atoms with E-state index >= 15 is 0 Å². The lowest BCUT2D eigenvalue weighted by Gasteiger charge is -2.25. The second kappa shape index (κ2) is 5.15. The molecule has 100 valence electrons. The van der Waals surface area contributed by atoms with Crippen LogP contribution in [0, 0.1) is 0 Å². The second-order valence-corrected chi connectivity index (χ2v) is 4.98. The molecule has 0 radical (unpaired) electrons. The van der Waals surface area contributed by atoms with Gasteiger partial charge in [-0.05, 0) is 6.07 Å². The van der Waals surface area contributed by atoms with E-state index in [1.54, 1.807) is 0 Å². The number of Topliss-reactive ketones (excluding diaryl/α,β-unsaturated/α-hetero) is 1. The third-order valence-corrected chi connectivity index (χ3v) is 3.67. The van der Waals surface area contributed by atoms with Crippen molar-refractivity contribution in [3.63, 3.8) is 0 Å². The van der Waals surface area contributed by atoms with Gasteiger partial charge in [-0.25, -0.2) is 0 Å². The van der Waals surface area contributed by atoms with E-state index in [-0.39, 0.29) is 5.78 Å².